The van der Waals surface area contributed by atoms with Crippen LogP contribution < -0.4 is 5.56 Å². The van der Waals surface area contributed by atoms with Crippen molar-refractivity contribution < 1.29 is 4.42 Å². The van der Waals surface area contributed by atoms with Gasteiger partial charge in [0.05, 0.1) is 18.5 Å². The lowest BCUT2D eigenvalue weighted by Gasteiger charge is -2.14. The Morgan fingerprint density at radius 3 is 3.00 bits per heavy atom. The maximum absolute atomic E-state index is 12.6. The molecule has 3 aromatic heterocycles. The molecule has 0 aromatic carbocycles. The zero-order valence-corrected chi connectivity index (χ0v) is 16.0. The molecule has 2 atom stereocenters. The van der Waals surface area contributed by atoms with Crippen LogP contribution in [0, 0.1) is 5.92 Å². The third-order valence-electron chi connectivity index (χ3n) is 5.63. The zero-order chi connectivity index (χ0) is 17.8. The molecule has 1 saturated carbocycles. The highest BCUT2D eigenvalue weighted by Crippen LogP contribution is 2.47. The third-order valence-corrected chi connectivity index (χ3v) is 6.81. The fraction of sp³-hybridized carbons (Fsp3) is 0.500. The summed E-state index contributed by atoms with van der Waals surface area (Å²) in [5.41, 5.74) is 1.25. The van der Waals surface area contributed by atoms with E-state index in [1.54, 1.807) is 11.3 Å². The predicted molar refractivity (Wildman–Crippen MR) is 103 cm³/mol. The molecule has 136 valence electrons. The van der Waals surface area contributed by atoms with Crippen LogP contribution in [0.15, 0.2) is 21.3 Å². The Labute approximate surface area is 156 Å². The molecular weight excluding hydrogens is 346 g/mol. The summed E-state index contributed by atoms with van der Waals surface area (Å²) in [6, 6.07) is 4.18. The number of aromatic nitrogens is 2. The molecule has 1 fully saturated rings. The van der Waals surface area contributed by atoms with Gasteiger partial charge in [0.15, 0.2) is 0 Å². The second-order valence-electron chi connectivity index (χ2n) is 7.85. The molecule has 2 unspecified atom stereocenters. The normalized spacial score (nSPS) is 21.7. The van der Waals surface area contributed by atoms with E-state index < -0.39 is 0 Å². The first-order chi connectivity index (χ1) is 12.6. The number of hydrogen-bond acceptors (Lipinski definition) is 5. The summed E-state index contributed by atoms with van der Waals surface area (Å²) in [5, 5.41) is 0.822. The monoisotopic (exact) mass is 369 g/mol. The van der Waals surface area contributed by atoms with Crippen LogP contribution in [0.1, 0.15) is 53.5 Å². The van der Waals surface area contributed by atoms with Gasteiger partial charge in [-0.05, 0) is 56.3 Å². The molecule has 1 N–H and O–H groups in total. The van der Waals surface area contributed by atoms with E-state index in [9.17, 15) is 4.79 Å². The highest BCUT2D eigenvalue weighted by Gasteiger charge is 2.36. The highest BCUT2D eigenvalue weighted by molar-refractivity contribution is 7.18. The largest absolute Gasteiger partial charge is 0.464 e. The second-order valence-corrected chi connectivity index (χ2v) is 8.93. The standard InChI is InChI=1S/C20H23N3O2S/c1-11-8-14(11)15-7-6-12(25-15)9-23(2)10-17-21-19(24)18-13-4-3-5-16(13)26-20(18)22-17/h6-7,11,14H,3-5,8-10H2,1-2H3,(H,21,22,24). The fourth-order valence-electron chi connectivity index (χ4n) is 4.10. The van der Waals surface area contributed by atoms with E-state index in [2.05, 4.69) is 28.9 Å². The molecule has 0 spiro atoms. The van der Waals surface area contributed by atoms with Gasteiger partial charge in [0.25, 0.3) is 5.56 Å². The van der Waals surface area contributed by atoms with Crippen LogP contribution in [0.2, 0.25) is 0 Å². The van der Waals surface area contributed by atoms with E-state index in [1.807, 2.05) is 7.05 Å². The minimum atomic E-state index is 0.0146. The number of H-pyrrole nitrogens is 1. The van der Waals surface area contributed by atoms with Crippen molar-refractivity contribution in [1.82, 2.24) is 14.9 Å². The lowest BCUT2D eigenvalue weighted by molar-refractivity contribution is 0.277. The van der Waals surface area contributed by atoms with E-state index >= 15 is 0 Å². The molecule has 5 nitrogen and oxygen atoms in total. The quantitative estimate of drug-likeness (QED) is 0.743. The first-order valence-electron chi connectivity index (χ1n) is 9.39. The summed E-state index contributed by atoms with van der Waals surface area (Å²) in [4.78, 5) is 24.6. The molecule has 2 aliphatic rings. The average molecular weight is 369 g/mol. The number of furan rings is 1. The summed E-state index contributed by atoms with van der Waals surface area (Å²) >= 11 is 1.69. The summed E-state index contributed by atoms with van der Waals surface area (Å²) in [6.07, 6.45) is 4.50. The molecule has 0 radical (unpaired) electrons. The summed E-state index contributed by atoms with van der Waals surface area (Å²) in [6.45, 7) is 3.57. The number of nitrogens with one attached hydrogen (secondary N) is 1. The maximum atomic E-state index is 12.6. The van der Waals surface area contributed by atoms with Crippen molar-refractivity contribution in [1.29, 1.82) is 0 Å². The highest BCUT2D eigenvalue weighted by atomic mass is 32.1. The van der Waals surface area contributed by atoms with Gasteiger partial charge >= 0.3 is 0 Å². The van der Waals surface area contributed by atoms with E-state index in [0.717, 1.165) is 52.7 Å². The van der Waals surface area contributed by atoms with Crippen LogP contribution in [0.25, 0.3) is 10.2 Å². The Kier molecular flexibility index (Phi) is 3.79. The van der Waals surface area contributed by atoms with Crippen molar-refractivity contribution in [2.24, 2.45) is 5.92 Å². The number of fused-ring (bicyclic) bond motifs is 3. The van der Waals surface area contributed by atoms with Gasteiger partial charge in [0, 0.05) is 10.8 Å². The summed E-state index contributed by atoms with van der Waals surface area (Å²) in [7, 11) is 2.03. The predicted octanol–water partition coefficient (Wildman–Crippen LogP) is 3.82. The topological polar surface area (TPSA) is 62.1 Å². The number of hydrogen-bond donors (Lipinski definition) is 1. The van der Waals surface area contributed by atoms with Crippen LogP contribution in [0.3, 0.4) is 0 Å². The Balaban J connectivity index is 1.32. The number of thiophene rings is 1. The van der Waals surface area contributed by atoms with Gasteiger partial charge in [0.2, 0.25) is 0 Å². The van der Waals surface area contributed by atoms with Crippen LogP contribution >= 0.6 is 11.3 Å². The molecule has 26 heavy (non-hydrogen) atoms. The van der Waals surface area contributed by atoms with Crippen LogP contribution in [-0.2, 0) is 25.9 Å². The van der Waals surface area contributed by atoms with Gasteiger partial charge in [-0.3, -0.25) is 9.69 Å². The van der Waals surface area contributed by atoms with Gasteiger partial charge in [-0.2, -0.15) is 0 Å². The molecule has 6 heteroatoms. The summed E-state index contributed by atoms with van der Waals surface area (Å²) in [5.74, 6) is 4.17. The lowest BCUT2D eigenvalue weighted by Crippen LogP contribution is -2.21. The minimum absolute atomic E-state index is 0.0146. The molecular formula is C20H23N3O2S. The zero-order valence-electron chi connectivity index (χ0n) is 15.2. The Morgan fingerprint density at radius 2 is 2.19 bits per heavy atom. The average Bonchev–Trinajstić information content (AvgIpc) is 2.96. The number of rotatable bonds is 5. The molecule has 2 aliphatic carbocycles. The first-order valence-corrected chi connectivity index (χ1v) is 10.2. The number of aromatic amines is 1. The lowest BCUT2D eigenvalue weighted by atomic mass is 10.2. The minimum Gasteiger partial charge on any atom is -0.464 e. The van der Waals surface area contributed by atoms with Gasteiger partial charge in [-0.15, -0.1) is 11.3 Å². The van der Waals surface area contributed by atoms with Crippen molar-refractivity contribution in [3.05, 3.63) is 50.3 Å². The van der Waals surface area contributed by atoms with Gasteiger partial charge in [0.1, 0.15) is 22.2 Å². The van der Waals surface area contributed by atoms with Crippen LogP contribution in [0.4, 0.5) is 0 Å². The smallest absolute Gasteiger partial charge is 0.259 e. The molecule has 0 bridgehead atoms. The molecule has 5 rings (SSSR count). The van der Waals surface area contributed by atoms with Gasteiger partial charge < -0.3 is 9.40 Å². The van der Waals surface area contributed by atoms with Crippen molar-refractivity contribution in [3.63, 3.8) is 0 Å². The Bertz CT molecular complexity index is 1030. The number of nitrogens with zero attached hydrogens (tertiary/aromatic N) is 2. The van der Waals surface area contributed by atoms with E-state index in [-0.39, 0.29) is 5.56 Å². The summed E-state index contributed by atoms with van der Waals surface area (Å²) < 4.78 is 5.99. The Morgan fingerprint density at radius 1 is 1.35 bits per heavy atom. The molecule has 3 heterocycles. The van der Waals surface area contributed by atoms with Gasteiger partial charge in [-0.1, -0.05) is 6.92 Å². The molecule has 3 aromatic rings. The second kappa shape index (κ2) is 6.06. The first kappa shape index (κ1) is 16.3. The maximum Gasteiger partial charge on any atom is 0.259 e. The third kappa shape index (κ3) is 2.81. The van der Waals surface area contributed by atoms with Crippen molar-refractivity contribution >= 4 is 21.6 Å². The van der Waals surface area contributed by atoms with Gasteiger partial charge in [-0.25, -0.2) is 4.98 Å². The Hall–Kier alpha value is -1.92. The van der Waals surface area contributed by atoms with Crippen molar-refractivity contribution in [2.45, 2.75) is 51.6 Å². The van der Waals surface area contributed by atoms with E-state index in [4.69, 9.17) is 9.40 Å². The molecule has 0 saturated heterocycles. The van der Waals surface area contributed by atoms with E-state index in [0.29, 0.717) is 19.0 Å². The van der Waals surface area contributed by atoms with Crippen LogP contribution in [-0.4, -0.2) is 21.9 Å². The SMILES string of the molecule is CC1CC1c1ccc(CN(C)Cc2nc3sc4c(c3c(=O)[nH]2)CCC4)o1. The molecule has 0 aliphatic heterocycles. The van der Waals surface area contributed by atoms with Crippen molar-refractivity contribution in [3.8, 4) is 0 Å². The van der Waals surface area contributed by atoms with E-state index in [1.165, 1.54) is 16.9 Å². The molecule has 0 amide bonds. The van der Waals surface area contributed by atoms with Crippen LogP contribution in [0.5, 0.6) is 0 Å². The number of aryl methyl sites for hydroxylation is 2. The fourth-order valence-corrected chi connectivity index (χ4v) is 5.38. The van der Waals surface area contributed by atoms with Crippen molar-refractivity contribution in [2.75, 3.05) is 7.05 Å².